The molecule has 33 heavy (non-hydrogen) atoms. The Morgan fingerprint density at radius 2 is 1.42 bits per heavy atom. The van der Waals surface area contributed by atoms with Crippen molar-refractivity contribution < 1.29 is 14.3 Å². The quantitative estimate of drug-likeness (QED) is 0.212. The third kappa shape index (κ3) is 5.96. The average molecular weight is 439 g/mol. The molecule has 0 aliphatic carbocycles. The van der Waals surface area contributed by atoms with Gasteiger partial charge in [0.2, 0.25) is 5.78 Å². The van der Waals surface area contributed by atoms with Crippen molar-refractivity contribution >= 4 is 23.5 Å². The molecular weight excluding hydrogens is 412 g/mol. The molecule has 0 saturated carbocycles. The fraction of sp³-hybridized carbons (Fsp3) is 0.179. The molecule has 0 aliphatic rings. The van der Waals surface area contributed by atoms with Crippen LogP contribution in [0.4, 0.5) is 5.69 Å². The van der Waals surface area contributed by atoms with Crippen LogP contribution in [0, 0.1) is 25.2 Å². The van der Waals surface area contributed by atoms with Crippen LogP contribution in [0.5, 0.6) is 0 Å². The molecule has 1 atom stereocenters. The van der Waals surface area contributed by atoms with E-state index in [-0.39, 0.29) is 11.4 Å². The number of hydrogen-bond acceptors (Lipinski definition) is 5. The number of ether oxygens (including phenoxy) is 1. The number of carbonyl (C=O) groups excluding carboxylic acids is 2. The number of carbonyl (C=O) groups is 2. The van der Waals surface area contributed by atoms with Gasteiger partial charge >= 0.3 is 5.97 Å². The number of ketones is 1. The molecule has 0 aliphatic heterocycles. The van der Waals surface area contributed by atoms with Crippen LogP contribution in [0.25, 0.3) is 6.08 Å². The van der Waals surface area contributed by atoms with E-state index in [0.717, 1.165) is 16.8 Å². The van der Waals surface area contributed by atoms with Crippen molar-refractivity contribution in [2.75, 3.05) is 19.0 Å². The van der Waals surface area contributed by atoms with Gasteiger partial charge in [-0.15, -0.1) is 0 Å². The van der Waals surface area contributed by atoms with E-state index in [4.69, 9.17) is 4.74 Å². The summed E-state index contributed by atoms with van der Waals surface area (Å²) < 4.78 is 5.62. The number of nitrogens with zero attached hydrogens (tertiary/aromatic N) is 2. The Morgan fingerprint density at radius 3 is 1.94 bits per heavy atom. The Hall–Kier alpha value is -4.17. The first-order valence-electron chi connectivity index (χ1n) is 10.6. The summed E-state index contributed by atoms with van der Waals surface area (Å²) in [6.45, 7) is 3.87. The number of hydrogen-bond donors (Lipinski definition) is 0. The maximum atomic E-state index is 13.3. The lowest BCUT2D eigenvalue weighted by atomic mass is 9.98. The fourth-order valence-electron chi connectivity index (χ4n) is 3.23. The standard InChI is InChI=1S/C28H26N2O3/c1-19-5-11-22(12-6-19)26(31)27(23-13-7-20(2)8-14-23)33-28(32)24(18-29)17-21-9-15-25(16-10-21)30(3)4/h5-17,27H,1-4H3/b24-17+. The minimum absolute atomic E-state index is 0.179. The zero-order valence-electron chi connectivity index (χ0n) is 19.2. The van der Waals surface area contributed by atoms with Crippen LogP contribution in [0.2, 0.25) is 0 Å². The minimum Gasteiger partial charge on any atom is -0.445 e. The summed E-state index contributed by atoms with van der Waals surface area (Å²) in [5.41, 5.74) is 4.52. The fourth-order valence-corrected chi connectivity index (χ4v) is 3.23. The van der Waals surface area contributed by atoms with Gasteiger partial charge in [0.25, 0.3) is 0 Å². The molecule has 3 rings (SSSR count). The molecule has 0 amide bonds. The molecule has 0 heterocycles. The van der Waals surface area contributed by atoms with Gasteiger partial charge < -0.3 is 9.64 Å². The molecule has 166 valence electrons. The average Bonchev–Trinajstić information content (AvgIpc) is 2.82. The molecule has 0 bridgehead atoms. The highest BCUT2D eigenvalue weighted by molar-refractivity contribution is 6.04. The van der Waals surface area contributed by atoms with Crippen LogP contribution < -0.4 is 4.90 Å². The minimum atomic E-state index is -1.16. The van der Waals surface area contributed by atoms with E-state index < -0.39 is 12.1 Å². The summed E-state index contributed by atoms with van der Waals surface area (Å²) >= 11 is 0. The van der Waals surface area contributed by atoms with Crippen molar-refractivity contribution in [1.29, 1.82) is 5.26 Å². The summed E-state index contributed by atoms with van der Waals surface area (Å²) in [7, 11) is 3.86. The number of Topliss-reactive ketones (excluding diaryl/α,β-unsaturated/α-hetero) is 1. The summed E-state index contributed by atoms with van der Waals surface area (Å²) in [6.07, 6.45) is 0.304. The molecule has 3 aromatic rings. The molecule has 3 aromatic carbocycles. The van der Waals surface area contributed by atoms with Gasteiger partial charge in [-0.2, -0.15) is 5.26 Å². The predicted molar refractivity (Wildman–Crippen MR) is 130 cm³/mol. The number of anilines is 1. The lowest BCUT2D eigenvalue weighted by Gasteiger charge is -2.18. The molecule has 0 saturated heterocycles. The van der Waals surface area contributed by atoms with Crippen LogP contribution in [0.15, 0.2) is 78.4 Å². The lowest BCUT2D eigenvalue weighted by Crippen LogP contribution is -2.21. The molecule has 5 nitrogen and oxygen atoms in total. The van der Waals surface area contributed by atoms with E-state index in [1.165, 1.54) is 6.08 Å². The second kappa shape index (κ2) is 10.4. The predicted octanol–water partition coefficient (Wildman–Crippen LogP) is 5.44. The highest BCUT2D eigenvalue weighted by atomic mass is 16.5. The Labute approximate surface area is 194 Å². The number of esters is 1. The Morgan fingerprint density at radius 1 is 0.879 bits per heavy atom. The maximum absolute atomic E-state index is 13.3. The maximum Gasteiger partial charge on any atom is 0.349 e. The summed E-state index contributed by atoms with van der Waals surface area (Å²) in [6, 6.07) is 23.6. The van der Waals surface area contributed by atoms with Crippen LogP contribution >= 0.6 is 0 Å². The van der Waals surface area contributed by atoms with Crippen molar-refractivity contribution in [3.63, 3.8) is 0 Å². The first kappa shape index (κ1) is 23.5. The smallest absolute Gasteiger partial charge is 0.349 e. The van der Waals surface area contributed by atoms with Crippen molar-refractivity contribution in [1.82, 2.24) is 0 Å². The van der Waals surface area contributed by atoms with Gasteiger partial charge in [0.05, 0.1) is 0 Å². The highest BCUT2D eigenvalue weighted by Crippen LogP contribution is 2.25. The van der Waals surface area contributed by atoms with E-state index in [1.54, 1.807) is 24.3 Å². The Bertz CT molecular complexity index is 1200. The van der Waals surface area contributed by atoms with Gasteiger partial charge in [0, 0.05) is 30.9 Å². The van der Waals surface area contributed by atoms with Crippen molar-refractivity contribution in [3.05, 3.63) is 106 Å². The molecule has 5 heteroatoms. The second-order valence-corrected chi connectivity index (χ2v) is 8.08. The van der Waals surface area contributed by atoms with E-state index >= 15 is 0 Å². The molecule has 0 aromatic heterocycles. The number of rotatable bonds is 7. The van der Waals surface area contributed by atoms with Crippen LogP contribution in [0.3, 0.4) is 0 Å². The van der Waals surface area contributed by atoms with Crippen LogP contribution in [0.1, 0.15) is 38.7 Å². The van der Waals surface area contributed by atoms with Crippen molar-refractivity contribution in [3.8, 4) is 6.07 Å². The summed E-state index contributed by atoms with van der Waals surface area (Å²) in [5.74, 6) is -1.19. The largest absolute Gasteiger partial charge is 0.445 e. The molecule has 0 spiro atoms. The van der Waals surface area contributed by atoms with Gasteiger partial charge in [-0.05, 0) is 37.6 Å². The first-order chi connectivity index (χ1) is 15.8. The number of nitriles is 1. The van der Waals surface area contributed by atoms with Gasteiger partial charge in [0.15, 0.2) is 6.10 Å². The molecular formula is C28H26N2O3. The highest BCUT2D eigenvalue weighted by Gasteiger charge is 2.27. The Kier molecular flexibility index (Phi) is 7.42. The number of aryl methyl sites for hydroxylation is 2. The second-order valence-electron chi connectivity index (χ2n) is 8.08. The lowest BCUT2D eigenvalue weighted by molar-refractivity contribution is -0.142. The van der Waals surface area contributed by atoms with E-state index in [0.29, 0.717) is 16.7 Å². The molecule has 0 fully saturated rings. The molecule has 0 N–H and O–H groups in total. The normalized spacial score (nSPS) is 11.9. The monoisotopic (exact) mass is 438 g/mol. The summed E-state index contributed by atoms with van der Waals surface area (Å²) in [5, 5.41) is 9.59. The van der Waals surface area contributed by atoms with E-state index in [2.05, 4.69) is 0 Å². The summed E-state index contributed by atoms with van der Waals surface area (Å²) in [4.78, 5) is 28.1. The zero-order valence-corrected chi connectivity index (χ0v) is 19.2. The zero-order chi connectivity index (χ0) is 24.0. The third-order valence-electron chi connectivity index (χ3n) is 5.24. The van der Waals surface area contributed by atoms with Gasteiger partial charge in [-0.3, -0.25) is 4.79 Å². The van der Waals surface area contributed by atoms with E-state index in [1.807, 2.05) is 87.4 Å². The topological polar surface area (TPSA) is 70.4 Å². The van der Waals surface area contributed by atoms with Gasteiger partial charge in [-0.1, -0.05) is 71.8 Å². The SMILES string of the molecule is Cc1ccc(C(=O)C(OC(=O)/C(C#N)=C/c2ccc(N(C)C)cc2)c2ccc(C)cc2)cc1. The van der Waals surface area contributed by atoms with Gasteiger partial charge in [0.1, 0.15) is 11.6 Å². The molecule has 1 unspecified atom stereocenters. The Balaban J connectivity index is 1.91. The van der Waals surface area contributed by atoms with Crippen LogP contribution in [-0.4, -0.2) is 25.8 Å². The first-order valence-corrected chi connectivity index (χ1v) is 10.6. The third-order valence-corrected chi connectivity index (χ3v) is 5.24. The van der Waals surface area contributed by atoms with Crippen molar-refractivity contribution in [2.45, 2.75) is 20.0 Å². The molecule has 0 radical (unpaired) electrons. The van der Waals surface area contributed by atoms with Crippen molar-refractivity contribution in [2.24, 2.45) is 0 Å². The van der Waals surface area contributed by atoms with E-state index in [9.17, 15) is 14.9 Å². The van der Waals surface area contributed by atoms with Crippen LogP contribution in [-0.2, 0) is 9.53 Å². The number of benzene rings is 3. The van der Waals surface area contributed by atoms with Gasteiger partial charge in [-0.25, -0.2) is 4.79 Å².